The van der Waals surface area contributed by atoms with Gasteiger partial charge in [0.2, 0.25) is 5.91 Å². The number of carbonyl (C=O) groups is 1. The molecule has 0 aromatic carbocycles. The molecule has 2 rings (SSSR count). The van der Waals surface area contributed by atoms with Crippen molar-refractivity contribution in [1.29, 1.82) is 0 Å². The van der Waals surface area contributed by atoms with E-state index in [9.17, 15) is 4.79 Å². The lowest BCUT2D eigenvalue weighted by Gasteiger charge is -2.09. The normalized spacial score (nSPS) is 20.2. The summed E-state index contributed by atoms with van der Waals surface area (Å²) in [6.45, 7) is 0.891. The lowest BCUT2D eigenvalue weighted by atomic mass is 10.2. The first-order valence-electron chi connectivity index (χ1n) is 4.77. The Morgan fingerprint density at radius 1 is 1.60 bits per heavy atom. The minimum Gasteiger partial charge on any atom is -0.309 e. The van der Waals surface area contributed by atoms with E-state index in [2.05, 4.69) is 20.6 Å². The van der Waals surface area contributed by atoms with Crippen molar-refractivity contribution in [1.82, 2.24) is 15.3 Å². The number of anilines is 1. The number of rotatable bonds is 2. The Hall–Kier alpha value is -1.20. The minimum atomic E-state index is -0.112. The first-order valence-corrected chi connectivity index (χ1v) is 5.15. The van der Waals surface area contributed by atoms with Crippen LogP contribution in [0.1, 0.15) is 12.8 Å². The molecule has 1 amide bonds. The van der Waals surface area contributed by atoms with E-state index in [1.165, 1.54) is 12.4 Å². The van der Waals surface area contributed by atoms with Crippen LogP contribution in [-0.2, 0) is 4.79 Å². The summed E-state index contributed by atoms with van der Waals surface area (Å²) in [4.78, 5) is 19.3. The highest BCUT2D eigenvalue weighted by Crippen LogP contribution is 2.11. The summed E-state index contributed by atoms with van der Waals surface area (Å²) in [6.07, 6.45) is 3.22. The number of nitrogens with zero attached hydrogens (tertiary/aromatic N) is 2. The van der Waals surface area contributed by atoms with Crippen molar-refractivity contribution >= 4 is 23.3 Å². The topological polar surface area (TPSA) is 66.9 Å². The summed E-state index contributed by atoms with van der Waals surface area (Å²) < 4.78 is 0. The van der Waals surface area contributed by atoms with Gasteiger partial charge in [-0.05, 0) is 19.4 Å². The van der Waals surface area contributed by atoms with Gasteiger partial charge in [0.05, 0.1) is 6.04 Å². The van der Waals surface area contributed by atoms with Crippen molar-refractivity contribution in [2.75, 3.05) is 11.9 Å². The van der Waals surface area contributed by atoms with E-state index < -0.39 is 0 Å². The molecule has 5 nitrogen and oxygen atoms in total. The van der Waals surface area contributed by atoms with E-state index in [1.807, 2.05) is 0 Å². The first kappa shape index (κ1) is 10.3. The molecule has 1 aromatic heterocycles. The summed E-state index contributed by atoms with van der Waals surface area (Å²) in [5.74, 6) is 0.371. The maximum Gasteiger partial charge on any atom is 0.242 e. The van der Waals surface area contributed by atoms with Gasteiger partial charge >= 0.3 is 0 Å². The third-order valence-electron chi connectivity index (χ3n) is 2.26. The summed E-state index contributed by atoms with van der Waals surface area (Å²) in [7, 11) is 0. The molecule has 1 aliphatic heterocycles. The van der Waals surface area contributed by atoms with Gasteiger partial charge in [0.1, 0.15) is 17.3 Å². The summed E-state index contributed by atoms with van der Waals surface area (Å²) in [5.41, 5.74) is 0. The molecule has 0 radical (unpaired) electrons. The number of nitrogens with one attached hydrogen (secondary N) is 2. The monoisotopic (exact) mass is 226 g/mol. The molecule has 0 bridgehead atoms. The SMILES string of the molecule is O=C(Nc1cc(Cl)ncn1)[C@H]1CCCN1. The Balaban J connectivity index is 1.99. The fraction of sp³-hybridized carbons (Fsp3) is 0.444. The van der Waals surface area contributed by atoms with Crippen molar-refractivity contribution in [3.05, 3.63) is 17.5 Å². The number of carbonyl (C=O) groups excluding carboxylic acids is 1. The fourth-order valence-electron chi connectivity index (χ4n) is 1.52. The molecule has 6 heteroatoms. The third kappa shape index (κ3) is 2.64. The van der Waals surface area contributed by atoms with Crippen LogP contribution in [0.2, 0.25) is 5.15 Å². The van der Waals surface area contributed by atoms with Crippen LogP contribution in [-0.4, -0.2) is 28.5 Å². The maximum atomic E-state index is 11.6. The molecule has 80 valence electrons. The molecular weight excluding hydrogens is 216 g/mol. The van der Waals surface area contributed by atoms with Crippen LogP contribution >= 0.6 is 11.6 Å². The van der Waals surface area contributed by atoms with Gasteiger partial charge in [-0.3, -0.25) is 4.79 Å². The molecule has 1 atom stereocenters. The molecule has 2 heterocycles. The van der Waals surface area contributed by atoms with Gasteiger partial charge in [-0.15, -0.1) is 0 Å². The summed E-state index contributed by atoms with van der Waals surface area (Å²) in [5, 5.41) is 6.11. The van der Waals surface area contributed by atoms with Gasteiger partial charge in [0.15, 0.2) is 0 Å². The lowest BCUT2D eigenvalue weighted by molar-refractivity contribution is -0.117. The van der Waals surface area contributed by atoms with Crippen LogP contribution in [0.15, 0.2) is 12.4 Å². The zero-order chi connectivity index (χ0) is 10.7. The smallest absolute Gasteiger partial charge is 0.242 e. The number of hydrogen-bond donors (Lipinski definition) is 2. The molecule has 1 aromatic rings. The Morgan fingerprint density at radius 3 is 3.13 bits per heavy atom. The van der Waals surface area contributed by atoms with Crippen LogP contribution < -0.4 is 10.6 Å². The van der Waals surface area contributed by atoms with Crippen LogP contribution in [0.25, 0.3) is 0 Å². The predicted molar refractivity (Wildman–Crippen MR) is 56.7 cm³/mol. The van der Waals surface area contributed by atoms with Gasteiger partial charge < -0.3 is 10.6 Å². The minimum absolute atomic E-state index is 0.0673. The Bertz CT molecular complexity index is 365. The molecule has 2 N–H and O–H groups in total. The number of halogens is 1. The Labute approximate surface area is 92.3 Å². The number of hydrogen-bond acceptors (Lipinski definition) is 4. The van der Waals surface area contributed by atoms with Crippen molar-refractivity contribution in [3.8, 4) is 0 Å². The maximum absolute atomic E-state index is 11.6. The van der Waals surface area contributed by atoms with Gasteiger partial charge in [-0.1, -0.05) is 11.6 Å². The molecule has 0 saturated carbocycles. The van der Waals surface area contributed by atoms with Gasteiger partial charge in [0.25, 0.3) is 0 Å². The quantitative estimate of drug-likeness (QED) is 0.733. The third-order valence-corrected chi connectivity index (χ3v) is 2.47. The zero-order valence-corrected chi connectivity index (χ0v) is 8.79. The number of aromatic nitrogens is 2. The summed E-state index contributed by atoms with van der Waals surface area (Å²) >= 11 is 5.67. The molecule has 1 saturated heterocycles. The van der Waals surface area contributed by atoms with Gasteiger partial charge in [-0.2, -0.15) is 0 Å². The van der Waals surface area contributed by atoms with Crippen molar-refractivity contribution in [3.63, 3.8) is 0 Å². The molecular formula is C9H11ClN4O. The van der Waals surface area contributed by atoms with E-state index in [4.69, 9.17) is 11.6 Å². The largest absolute Gasteiger partial charge is 0.309 e. The highest BCUT2D eigenvalue weighted by atomic mass is 35.5. The lowest BCUT2D eigenvalue weighted by Crippen LogP contribution is -2.35. The van der Waals surface area contributed by atoms with Gasteiger partial charge in [0, 0.05) is 6.07 Å². The van der Waals surface area contributed by atoms with E-state index >= 15 is 0 Å². The predicted octanol–water partition coefficient (Wildman–Crippen LogP) is 0.820. The second-order valence-electron chi connectivity index (χ2n) is 3.36. The molecule has 0 spiro atoms. The molecule has 0 unspecified atom stereocenters. The van der Waals surface area contributed by atoms with Crippen molar-refractivity contribution in [2.24, 2.45) is 0 Å². The van der Waals surface area contributed by atoms with Crippen LogP contribution in [0.4, 0.5) is 5.82 Å². The molecule has 0 aliphatic carbocycles. The van der Waals surface area contributed by atoms with Crippen LogP contribution in [0.3, 0.4) is 0 Å². The average Bonchev–Trinajstić information content (AvgIpc) is 2.70. The second kappa shape index (κ2) is 4.55. The average molecular weight is 227 g/mol. The van der Waals surface area contributed by atoms with Gasteiger partial charge in [-0.25, -0.2) is 9.97 Å². The highest BCUT2D eigenvalue weighted by molar-refractivity contribution is 6.29. The molecule has 1 fully saturated rings. The zero-order valence-electron chi connectivity index (χ0n) is 8.03. The van der Waals surface area contributed by atoms with E-state index in [1.54, 1.807) is 0 Å². The second-order valence-corrected chi connectivity index (χ2v) is 3.75. The van der Waals surface area contributed by atoms with Crippen LogP contribution in [0.5, 0.6) is 0 Å². The van der Waals surface area contributed by atoms with E-state index in [-0.39, 0.29) is 11.9 Å². The fourth-order valence-corrected chi connectivity index (χ4v) is 1.67. The highest BCUT2D eigenvalue weighted by Gasteiger charge is 2.22. The van der Waals surface area contributed by atoms with E-state index in [0.29, 0.717) is 11.0 Å². The van der Waals surface area contributed by atoms with Crippen LogP contribution in [0, 0.1) is 0 Å². The summed E-state index contributed by atoms with van der Waals surface area (Å²) in [6, 6.07) is 1.41. The molecule has 15 heavy (non-hydrogen) atoms. The Kier molecular flexibility index (Phi) is 3.13. The van der Waals surface area contributed by atoms with E-state index in [0.717, 1.165) is 19.4 Å². The van der Waals surface area contributed by atoms with Crippen molar-refractivity contribution < 1.29 is 4.79 Å². The number of amides is 1. The Morgan fingerprint density at radius 2 is 2.47 bits per heavy atom. The first-order chi connectivity index (χ1) is 7.25. The molecule has 1 aliphatic rings. The van der Waals surface area contributed by atoms with Crippen molar-refractivity contribution in [2.45, 2.75) is 18.9 Å². The standard InChI is InChI=1S/C9H11ClN4O/c10-7-4-8(13-5-12-7)14-9(15)6-2-1-3-11-6/h4-6,11H,1-3H2,(H,12,13,14,15)/t6-/m1/s1.